The zero-order valence-electron chi connectivity index (χ0n) is 13.4. The molecule has 1 aromatic heterocycles. The molecule has 0 bridgehead atoms. The van der Waals surface area contributed by atoms with Crippen molar-refractivity contribution in [3.8, 4) is 5.69 Å². The van der Waals surface area contributed by atoms with Gasteiger partial charge in [0.05, 0.1) is 10.2 Å². The van der Waals surface area contributed by atoms with Crippen LogP contribution in [0, 0.1) is 11.2 Å². The van der Waals surface area contributed by atoms with E-state index in [1.54, 1.807) is 35.0 Å². The number of benzene rings is 1. The minimum atomic E-state index is -0.319. The predicted molar refractivity (Wildman–Crippen MR) is 91.0 cm³/mol. The summed E-state index contributed by atoms with van der Waals surface area (Å²) < 4.78 is 15.1. The van der Waals surface area contributed by atoms with Gasteiger partial charge in [0, 0.05) is 19.8 Å². The minimum Gasteiger partial charge on any atom is -0.340 e. The topological polar surface area (TPSA) is 64.2 Å². The fourth-order valence-corrected chi connectivity index (χ4v) is 2.63. The van der Waals surface area contributed by atoms with Crippen molar-refractivity contribution < 1.29 is 9.18 Å². The summed E-state index contributed by atoms with van der Waals surface area (Å²) in [6, 6.07) is 5.90. The van der Waals surface area contributed by atoms with Crippen LogP contribution in [0.4, 0.5) is 4.39 Å². The van der Waals surface area contributed by atoms with Crippen LogP contribution in [0.5, 0.6) is 0 Å². The Balaban J connectivity index is 2.23. The Morgan fingerprint density at radius 1 is 1.39 bits per heavy atom. The lowest BCUT2D eigenvalue weighted by atomic mass is 9.93. The zero-order valence-corrected chi connectivity index (χ0v) is 15.0. The van der Waals surface area contributed by atoms with Crippen LogP contribution in [0.2, 0.25) is 0 Å². The quantitative estimate of drug-likeness (QED) is 0.864. The van der Waals surface area contributed by atoms with Gasteiger partial charge < -0.3 is 10.6 Å². The Bertz CT molecular complexity index is 697. The molecular formula is C16H20BrFN4O. The molecule has 2 aromatic rings. The van der Waals surface area contributed by atoms with Gasteiger partial charge in [-0.15, -0.1) is 0 Å². The molecule has 124 valence electrons. The van der Waals surface area contributed by atoms with E-state index < -0.39 is 0 Å². The number of hydrogen-bond donors (Lipinski definition) is 1. The number of halogens is 2. The van der Waals surface area contributed by atoms with Crippen molar-refractivity contribution in [1.29, 1.82) is 0 Å². The molecule has 0 aliphatic rings. The van der Waals surface area contributed by atoms with Gasteiger partial charge in [-0.1, -0.05) is 13.8 Å². The highest BCUT2D eigenvalue weighted by Crippen LogP contribution is 2.21. The Kier molecular flexibility index (Phi) is 5.21. The summed E-state index contributed by atoms with van der Waals surface area (Å²) in [6.45, 7) is 5.01. The van der Waals surface area contributed by atoms with Crippen LogP contribution >= 0.6 is 15.9 Å². The molecule has 0 aliphatic heterocycles. The van der Waals surface area contributed by atoms with Gasteiger partial charge in [0.2, 0.25) is 0 Å². The average Bonchev–Trinajstić information content (AvgIpc) is 2.88. The minimum absolute atomic E-state index is 0.170. The third kappa shape index (κ3) is 4.17. The summed E-state index contributed by atoms with van der Waals surface area (Å²) in [4.78, 5) is 14.2. The van der Waals surface area contributed by atoms with Crippen LogP contribution in [-0.2, 0) is 0 Å². The second kappa shape index (κ2) is 6.80. The lowest BCUT2D eigenvalue weighted by Gasteiger charge is -2.28. The van der Waals surface area contributed by atoms with Gasteiger partial charge in [0.25, 0.3) is 5.91 Å². The van der Waals surface area contributed by atoms with E-state index in [1.165, 1.54) is 12.1 Å². The highest BCUT2D eigenvalue weighted by atomic mass is 79.9. The third-order valence-corrected chi connectivity index (χ3v) is 4.11. The molecule has 0 spiro atoms. The van der Waals surface area contributed by atoms with E-state index in [0.29, 0.717) is 28.9 Å². The van der Waals surface area contributed by atoms with Gasteiger partial charge >= 0.3 is 0 Å². The second-order valence-electron chi connectivity index (χ2n) is 6.28. The SMILES string of the molecule is CN(CC(C)(C)CN)C(=O)c1nn(-c2ccc(F)cc2)cc1Br. The fourth-order valence-electron chi connectivity index (χ4n) is 2.18. The molecule has 0 saturated carbocycles. The molecule has 0 atom stereocenters. The summed E-state index contributed by atoms with van der Waals surface area (Å²) in [7, 11) is 1.73. The van der Waals surface area contributed by atoms with E-state index in [1.807, 2.05) is 13.8 Å². The molecule has 0 aliphatic carbocycles. The van der Waals surface area contributed by atoms with Crippen molar-refractivity contribution in [2.24, 2.45) is 11.1 Å². The largest absolute Gasteiger partial charge is 0.340 e. The number of carbonyl (C=O) groups excluding carboxylic acids is 1. The van der Waals surface area contributed by atoms with Gasteiger partial charge in [-0.3, -0.25) is 4.79 Å². The molecule has 0 unspecified atom stereocenters. The zero-order chi connectivity index (χ0) is 17.2. The van der Waals surface area contributed by atoms with Gasteiger partial charge in [-0.25, -0.2) is 9.07 Å². The highest BCUT2D eigenvalue weighted by Gasteiger charge is 2.25. The first kappa shape index (κ1) is 17.6. The molecule has 1 amide bonds. The summed E-state index contributed by atoms with van der Waals surface area (Å²) in [5, 5.41) is 4.31. The van der Waals surface area contributed by atoms with E-state index in [-0.39, 0.29) is 17.1 Å². The molecule has 5 nitrogen and oxygen atoms in total. The average molecular weight is 383 g/mol. The number of amides is 1. The number of aromatic nitrogens is 2. The maximum absolute atomic E-state index is 13.0. The molecule has 0 saturated heterocycles. The fraction of sp³-hybridized carbons (Fsp3) is 0.375. The predicted octanol–water partition coefficient (Wildman–Crippen LogP) is 2.83. The molecular weight excluding hydrogens is 363 g/mol. The van der Waals surface area contributed by atoms with Gasteiger partial charge in [0.15, 0.2) is 5.69 Å². The number of carbonyl (C=O) groups is 1. The van der Waals surface area contributed by atoms with E-state index in [4.69, 9.17) is 5.73 Å². The first-order chi connectivity index (χ1) is 10.7. The first-order valence-corrected chi connectivity index (χ1v) is 7.99. The molecule has 7 heteroatoms. The van der Waals surface area contributed by atoms with E-state index in [0.717, 1.165) is 0 Å². The maximum atomic E-state index is 13.0. The number of rotatable bonds is 5. The maximum Gasteiger partial charge on any atom is 0.275 e. The van der Waals surface area contributed by atoms with E-state index in [9.17, 15) is 9.18 Å². The third-order valence-electron chi connectivity index (χ3n) is 3.53. The summed E-state index contributed by atoms with van der Waals surface area (Å²) in [5.74, 6) is -0.515. The molecule has 2 N–H and O–H groups in total. The van der Waals surface area contributed by atoms with Crippen molar-refractivity contribution in [3.05, 3.63) is 46.4 Å². The van der Waals surface area contributed by atoms with Crippen molar-refractivity contribution in [2.75, 3.05) is 20.1 Å². The van der Waals surface area contributed by atoms with Gasteiger partial charge in [-0.05, 0) is 52.2 Å². The number of hydrogen-bond acceptors (Lipinski definition) is 3. The summed E-state index contributed by atoms with van der Waals surface area (Å²) >= 11 is 3.36. The Morgan fingerprint density at radius 2 is 2.00 bits per heavy atom. The number of nitrogens with two attached hydrogens (primary N) is 1. The Hall–Kier alpha value is -1.73. The molecule has 23 heavy (non-hydrogen) atoms. The van der Waals surface area contributed by atoms with Crippen LogP contribution in [0.3, 0.4) is 0 Å². The van der Waals surface area contributed by atoms with Crippen molar-refractivity contribution in [3.63, 3.8) is 0 Å². The Labute approximate surface area is 143 Å². The van der Waals surface area contributed by atoms with Crippen molar-refractivity contribution >= 4 is 21.8 Å². The van der Waals surface area contributed by atoms with Crippen LogP contribution < -0.4 is 5.73 Å². The van der Waals surface area contributed by atoms with Crippen LogP contribution in [0.15, 0.2) is 34.9 Å². The molecule has 1 aromatic carbocycles. The standard InChI is InChI=1S/C16H20BrFN4O/c1-16(2,9-19)10-21(3)15(23)14-13(17)8-22(20-14)12-6-4-11(18)5-7-12/h4-8H,9-10,19H2,1-3H3. The Morgan fingerprint density at radius 3 is 2.57 bits per heavy atom. The molecule has 0 fully saturated rings. The molecule has 1 heterocycles. The summed E-state index contributed by atoms with van der Waals surface area (Å²) in [5.41, 5.74) is 6.53. The van der Waals surface area contributed by atoms with Crippen molar-refractivity contribution in [1.82, 2.24) is 14.7 Å². The van der Waals surface area contributed by atoms with E-state index >= 15 is 0 Å². The normalized spacial score (nSPS) is 11.6. The molecule has 2 rings (SSSR count). The van der Waals surface area contributed by atoms with Crippen LogP contribution in [0.25, 0.3) is 5.69 Å². The van der Waals surface area contributed by atoms with Crippen LogP contribution in [0.1, 0.15) is 24.3 Å². The van der Waals surface area contributed by atoms with Crippen molar-refractivity contribution in [2.45, 2.75) is 13.8 Å². The van der Waals surface area contributed by atoms with Crippen LogP contribution in [-0.4, -0.2) is 40.7 Å². The summed E-state index contributed by atoms with van der Waals surface area (Å²) in [6.07, 6.45) is 1.68. The lowest BCUT2D eigenvalue weighted by molar-refractivity contribution is 0.0733. The second-order valence-corrected chi connectivity index (χ2v) is 7.13. The monoisotopic (exact) mass is 382 g/mol. The lowest BCUT2D eigenvalue weighted by Crippen LogP contribution is -2.40. The smallest absolute Gasteiger partial charge is 0.275 e. The highest BCUT2D eigenvalue weighted by molar-refractivity contribution is 9.10. The first-order valence-electron chi connectivity index (χ1n) is 7.20. The molecule has 0 radical (unpaired) electrons. The number of nitrogens with zero attached hydrogens (tertiary/aromatic N) is 3. The van der Waals surface area contributed by atoms with Gasteiger partial charge in [-0.2, -0.15) is 5.10 Å². The van der Waals surface area contributed by atoms with Gasteiger partial charge in [0.1, 0.15) is 5.82 Å². The van der Waals surface area contributed by atoms with E-state index in [2.05, 4.69) is 21.0 Å².